The Bertz CT molecular complexity index is 1790. The average Bonchev–Trinajstić information content (AvgIpc) is 3.85. The SMILES string of the molecule is C/C=C/C1OC(=O)c2coc(n2)/C=C\C=C/C(O)C(O)/C=C\CC(O)C(C)(C)C(/C=C/C)OC(=O)c2coc(n2)CC(OC)C=C/C=C\C=C/CC(O)C1(C)C. The van der Waals surface area contributed by atoms with Crippen LogP contribution in [-0.4, -0.2) is 92.2 Å². The third-order valence-corrected chi connectivity index (χ3v) is 9.41. The second-order valence-electron chi connectivity index (χ2n) is 14.4. The van der Waals surface area contributed by atoms with Gasteiger partial charge in [0, 0.05) is 24.0 Å². The lowest BCUT2D eigenvalue weighted by atomic mass is 9.79. The molecular formula is C43H56N2O11. The van der Waals surface area contributed by atoms with Crippen molar-refractivity contribution >= 4 is 18.0 Å². The van der Waals surface area contributed by atoms with Gasteiger partial charge >= 0.3 is 11.9 Å². The number of nitrogens with zero attached hydrogens (tertiary/aromatic N) is 2. The van der Waals surface area contributed by atoms with Crippen LogP contribution in [0.3, 0.4) is 0 Å². The van der Waals surface area contributed by atoms with Crippen LogP contribution in [0.1, 0.15) is 87.1 Å². The first-order chi connectivity index (χ1) is 26.6. The molecule has 0 saturated heterocycles. The molecule has 4 N–H and O–H groups in total. The molecule has 4 bridgehead atoms. The van der Waals surface area contributed by atoms with E-state index < -0.39 is 65.5 Å². The van der Waals surface area contributed by atoms with Gasteiger partial charge in [-0.2, -0.15) is 0 Å². The Hall–Kier alpha value is -4.92. The minimum absolute atomic E-state index is 0.0357. The lowest BCUT2D eigenvalue weighted by Gasteiger charge is -2.35. The number of hydrogen-bond acceptors (Lipinski definition) is 13. The van der Waals surface area contributed by atoms with Crippen molar-refractivity contribution in [3.63, 3.8) is 0 Å². The number of rotatable bonds is 3. The Morgan fingerprint density at radius 3 is 1.84 bits per heavy atom. The van der Waals surface area contributed by atoms with E-state index in [-0.39, 0.29) is 42.4 Å². The number of aliphatic hydroxyl groups is 4. The van der Waals surface area contributed by atoms with Crippen molar-refractivity contribution in [3.8, 4) is 0 Å². The van der Waals surface area contributed by atoms with Crippen molar-refractivity contribution in [1.82, 2.24) is 9.97 Å². The van der Waals surface area contributed by atoms with Gasteiger partial charge in [0.15, 0.2) is 17.3 Å². The van der Waals surface area contributed by atoms with Gasteiger partial charge in [-0.3, -0.25) is 0 Å². The first kappa shape index (κ1) is 45.5. The quantitative estimate of drug-likeness (QED) is 0.203. The van der Waals surface area contributed by atoms with Crippen LogP contribution in [0.25, 0.3) is 6.08 Å². The largest absolute Gasteiger partial charge is 0.453 e. The first-order valence-electron chi connectivity index (χ1n) is 18.5. The molecule has 1 aliphatic heterocycles. The van der Waals surface area contributed by atoms with E-state index in [4.69, 9.17) is 23.0 Å². The number of cyclic esters (lactones) is 2. The monoisotopic (exact) mass is 776 g/mol. The Balaban J connectivity index is 1.86. The third kappa shape index (κ3) is 13.4. The van der Waals surface area contributed by atoms with Gasteiger partial charge in [-0.15, -0.1) is 0 Å². The maximum absolute atomic E-state index is 13.2. The molecule has 13 heteroatoms. The molecule has 0 amide bonds. The number of methoxy groups -OCH3 is 1. The van der Waals surface area contributed by atoms with Gasteiger partial charge in [-0.25, -0.2) is 19.6 Å². The van der Waals surface area contributed by atoms with Crippen LogP contribution in [0, 0.1) is 10.8 Å². The Morgan fingerprint density at radius 1 is 0.696 bits per heavy atom. The molecule has 0 aromatic carbocycles. The molecule has 0 saturated carbocycles. The summed E-state index contributed by atoms with van der Waals surface area (Å²) < 4.78 is 28.0. The molecule has 0 aliphatic carbocycles. The third-order valence-electron chi connectivity index (χ3n) is 9.41. The summed E-state index contributed by atoms with van der Waals surface area (Å²) in [6.45, 7) is 10.7. The van der Waals surface area contributed by atoms with Crippen LogP contribution in [0.2, 0.25) is 0 Å². The lowest BCUT2D eigenvalue weighted by Crippen LogP contribution is -2.42. The van der Waals surface area contributed by atoms with Crippen molar-refractivity contribution in [1.29, 1.82) is 0 Å². The Kier molecular flexibility index (Phi) is 17.8. The second kappa shape index (κ2) is 22.0. The molecule has 3 heterocycles. The zero-order chi connectivity index (χ0) is 41.3. The normalized spacial score (nSPS) is 30.5. The van der Waals surface area contributed by atoms with Crippen molar-refractivity contribution in [2.24, 2.45) is 10.8 Å². The summed E-state index contributed by atoms with van der Waals surface area (Å²) in [4.78, 5) is 34.7. The number of aromatic nitrogens is 2. The van der Waals surface area contributed by atoms with E-state index in [1.165, 1.54) is 49.0 Å². The highest BCUT2D eigenvalue weighted by Crippen LogP contribution is 2.33. The minimum Gasteiger partial charge on any atom is -0.453 e. The lowest BCUT2D eigenvalue weighted by molar-refractivity contribution is -0.0425. The molecule has 13 nitrogen and oxygen atoms in total. The van der Waals surface area contributed by atoms with Crippen LogP contribution in [-0.2, 0) is 20.6 Å². The maximum Gasteiger partial charge on any atom is 0.360 e. The summed E-state index contributed by atoms with van der Waals surface area (Å²) in [5.74, 6) is -1.10. The second-order valence-corrected chi connectivity index (χ2v) is 14.4. The van der Waals surface area contributed by atoms with Gasteiger partial charge in [0.25, 0.3) is 0 Å². The summed E-state index contributed by atoms with van der Waals surface area (Å²) in [7, 11) is 1.54. The number of carbonyl (C=O) groups is 2. The molecule has 0 radical (unpaired) electrons. The van der Waals surface area contributed by atoms with E-state index >= 15 is 0 Å². The Morgan fingerprint density at radius 2 is 1.23 bits per heavy atom. The maximum atomic E-state index is 13.2. The van der Waals surface area contributed by atoms with Gasteiger partial charge in [-0.05, 0) is 38.8 Å². The number of hydrogen-bond donors (Lipinski definition) is 4. The summed E-state index contributed by atoms with van der Waals surface area (Å²) in [5.41, 5.74) is -1.95. The number of fused-ring (bicyclic) bond motifs is 4. The van der Waals surface area contributed by atoms with Gasteiger partial charge in [0.2, 0.25) is 5.89 Å². The van der Waals surface area contributed by atoms with E-state index in [9.17, 15) is 30.0 Å². The smallest absolute Gasteiger partial charge is 0.360 e. The number of allylic oxidation sites excluding steroid dienone is 8. The molecule has 3 rings (SSSR count). The zero-order valence-electron chi connectivity index (χ0n) is 33.1. The molecular weight excluding hydrogens is 720 g/mol. The predicted octanol–water partition coefficient (Wildman–Crippen LogP) is 6.21. The molecule has 304 valence electrons. The van der Waals surface area contributed by atoms with Crippen LogP contribution in [0.5, 0.6) is 0 Å². The minimum atomic E-state index is -1.29. The fourth-order valence-corrected chi connectivity index (χ4v) is 5.42. The topological polar surface area (TPSA) is 195 Å². The van der Waals surface area contributed by atoms with Gasteiger partial charge < -0.3 is 43.5 Å². The van der Waals surface area contributed by atoms with Crippen molar-refractivity contribution in [3.05, 3.63) is 127 Å². The molecule has 2 aromatic rings. The average molecular weight is 777 g/mol. The highest BCUT2D eigenvalue weighted by Gasteiger charge is 2.39. The van der Waals surface area contributed by atoms with E-state index in [1.54, 1.807) is 103 Å². The molecule has 0 fully saturated rings. The number of oxazole rings is 2. The summed E-state index contributed by atoms with van der Waals surface area (Å²) in [6.07, 6.45) is 22.8. The van der Waals surface area contributed by atoms with E-state index in [0.29, 0.717) is 0 Å². The highest BCUT2D eigenvalue weighted by molar-refractivity contribution is 5.87. The van der Waals surface area contributed by atoms with E-state index in [0.717, 1.165) is 0 Å². The van der Waals surface area contributed by atoms with Gasteiger partial charge in [0.1, 0.15) is 36.9 Å². The first-order valence-corrected chi connectivity index (χ1v) is 18.5. The molecule has 0 spiro atoms. The van der Waals surface area contributed by atoms with Crippen molar-refractivity contribution in [2.75, 3.05) is 7.11 Å². The number of ether oxygens (including phenoxy) is 3. The fourth-order valence-electron chi connectivity index (χ4n) is 5.42. The number of aliphatic hydroxyl groups excluding tert-OH is 4. The van der Waals surface area contributed by atoms with Crippen molar-refractivity contribution < 1.29 is 53.1 Å². The van der Waals surface area contributed by atoms with Crippen molar-refractivity contribution in [2.45, 2.75) is 104 Å². The van der Waals surface area contributed by atoms with E-state index in [1.807, 2.05) is 6.08 Å². The van der Waals surface area contributed by atoms with Crippen LogP contribution >= 0.6 is 0 Å². The van der Waals surface area contributed by atoms with E-state index in [2.05, 4.69) is 9.97 Å². The molecule has 1 aliphatic rings. The fraction of sp³-hybridized carbons (Fsp3) is 0.442. The molecule has 56 heavy (non-hydrogen) atoms. The van der Waals surface area contributed by atoms with Crippen LogP contribution in [0.15, 0.2) is 113 Å². The Labute approximate surface area is 328 Å². The predicted molar refractivity (Wildman–Crippen MR) is 211 cm³/mol. The van der Waals surface area contributed by atoms with Gasteiger partial charge in [-0.1, -0.05) is 107 Å². The zero-order valence-corrected chi connectivity index (χ0v) is 33.1. The summed E-state index contributed by atoms with van der Waals surface area (Å²) >= 11 is 0. The van der Waals surface area contributed by atoms with Gasteiger partial charge in [0.05, 0.1) is 24.7 Å². The highest BCUT2D eigenvalue weighted by atomic mass is 16.6. The summed E-state index contributed by atoms with van der Waals surface area (Å²) in [5, 5.41) is 43.2. The molecule has 7 unspecified atom stereocenters. The molecule has 7 atom stereocenters. The summed E-state index contributed by atoms with van der Waals surface area (Å²) in [6, 6.07) is 0. The standard InChI is InChI=1S/C43H56N2O11/c1-8-18-36-42(3,4)34(48)23-14-12-10-11-13-20-29(52-7)26-39-45-31(28-54-39)41(51)56-37(19-9-2)43(5,6)35(49)24-17-22-33(47)32(46)21-15-16-25-38-44-30(27-53-38)40(50)55-36/h8-22,25,27-29,32-37,46-49H,23-24,26H2,1-7H3/b11-10-,14-12-,18-8+,19-9+,20-13?,21-15-,22-17-,25-16-. The van der Waals surface area contributed by atoms with Crippen LogP contribution < -0.4 is 0 Å². The number of carbonyl (C=O) groups excluding carboxylic acids is 2. The number of esters is 2. The molecule has 2 aromatic heterocycles. The van der Waals surface area contributed by atoms with Crippen LogP contribution in [0.4, 0.5) is 0 Å².